The van der Waals surface area contributed by atoms with Crippen molar-refractivity contribution < 1.29 is 4.74 Å². The van der Waals surface area contributed by atoms with Crippen LogP contribution in [-0.4, -0.2) is 51.3 Å². The highest BCUT2D eigenvalue weighted by molar-refractivity contribution is 14.0. The fraction of sp³-hybridized carbons (Fsp3) is 0.600. The molecule has 2 aromatic rings. The molecule has 2 rings (SSSR count). The second-order valence-electron chi connectivity index (χ2n) is 5.38. The molecule has 0 aliphatic heterocycles. The van der Waals surface area contributed by atoms with Gasteiger partial charge >= 0.3 is 0 Å². The molecule has 0 amide bonds. The van der Waals surface area contributed by atoms with Crippen molar-refractivity contribution >= 4 is 41.3 Å². The van der Waals surface area contributed by atoms with Crippen LogP contribution in [0.5, 0.6) is 0 Å². The summed E-state index contributed by atoms with van der Waals surface area (Å²) in [5.41, 5.74) is 1.01. The highest BCUT2D eigenvalue weighted by Crippen LogP contribution is 2.20. The first kappa shape index (κ1) is 21.8. The molecule has 0 saturated carbocycles. The van der Waals surface area contributed by atoms with E-state index in [0.29, 0.717) is 13.1 Å². The van der Waals surface area contributed by atoms with E-state index in [-0.39, 0.29) is 30.1 Å². The smallest absolute Gasteiger partial charge is 0.194 e. The maximum atomic E-state index is 5.31. The number of hydrogen-bond acceptors (Lipinski definition) is 6. The van der Waals surface area contributed by atoms with Crippen LogP contribution < -0.4 is 5.32 Å². The summed E-state index contributed by atoms with van der Waals surface area (Å²) in [6, 6.07) is 0. The summed E-state index contributed by atoms with van der Waals surface area (Å²) in [5.74, 6) is 1.64. The number of thiazole rings is 1. The van der Waals surface area contributed by atoms with E-state index in [1.165, 1.54) is 6.33 Å². The zero-order valence-corrected chi connectivity index (χ0v) is 18.4. The van der Waals surface area contributed by atoms with E-state index in [2.05, 4.69) is 35.7 Å². The van der Waals surface area contributed by atoms with Crippen LogP contribution in [0.3, 0.4) is 0 Å². The minimum atomic E-state index is 0. The van der Waals surface area contributed by atoms with E-state index in [0.717, 1.165) is 29.0 Å². The topological polar surface area (TPSA) is 80.5 Å². The van der Waals surface area contributed by atoms with Crippen molar-refractivity contribution in [3.05, 3.63) is 28.2 Å². The number of nitrogens with one attached hydrogen (secondary N) is 1. The molecule has 0 fully saturated rings. The second kappa shape index (κ2) is 10.7. The normalized spacial score (nSPS) is 12.6. The summed E-state index contributed by atoms with van der Waals surface area (Å²) < 4.78 is 7.04. The fourth-order valence-corrected chi connectivity index (χ4v) is 2.92. The van der Waals surface area contributed by atoms with Gasteiger partial charge in [-0.25, -0.2) is 15.0 Å². The predicted molar refractivity (Wildman–Crippen MR) is 110 cm³/mol. The van der Waals surface area contributed by atoms with Gasteiger partial charge in [0.2, 0.25) is 0 Å². The number of nitrogens with zero attached hydrogens (tertiary/aromatic N) is 6. The van der Waals surface area contributed by atoms with Gasteiger partial charge in [-0.3, -0.25) is 4.68 Å². The lowest BCUT2D eigenvalue weighted by atomic mass is 10.4. The quantitative estimate of drug-likeness (QED) is 0.373. The van der Waals surface area contributed by atoms with Crippen LogP contribution in [0.15, 0.2) is 16.7 Å². The van der Waals surface area contributed by atoms with Crippen molar-refractivity contribution in [2.24, 2.45) is 12.0 Å². The molecular weight excluding hydrogens is 453 g/mol. The number of aliphatic imine (C=N–C) groups is 1. The van der Waals surface area contributed by atoms with Crippen molar-refractivity contribution in [2.75, 3.05) is 20.7 Å². The van der Waals surface area contributed by atoms with Crippen LogP contribution in [0, 0.1) is 0 Å². The zero-order chi connectivity index (χ0) is 17.5. The lowest BCUT2D eigenvalue weighted by molar-refractivity contribution is 0.119. The van der Waals surface area contributed by atoms with Gasteiger partial charge in [0.05, 0.1) is 12.2 Å². The van der Waals surface area contributed by atoms with Gasteiger partial charge in [0.15, 0.2) is 5.96 Å². The van der Waals surface area contributed by atoms with E-state index in [1.54, 1.807) is 23.1 Å². The van der Waals surface area contributed by atoms with Gasteiger partial charge in [0.25, 0.3) is 0 Å². The fourth-order valence-electron chi connectivity index (χ4n) is 2.08. The molecule has 1 N–H and O–H groups in total. The van der Waals surface area contributed by atoms with E-state index in [4.69, 9.17) is 4.74 Å². The summed E-state index contributed by atoms with van der Waals surface area (Å²) in [7, 11) is 5.56. The molecule has 1 atom stereocenters. The Kier molecular flexibility index (Phi) is 9.28. The van der Waals surface area contributed by atoms with Gasteiger partial charge in [-0.05, 0) is 13.8 Å². The molecule has 0 saturated heterocycles. The first-order valence-corrected chi connectivity index (χ1v) is 8.72. The molecule has 0 radical (unpaired) electrons. The average molecular weight is 479 g/mol. The van der Waals surface area contributed by atoms with Gasteiger partial charge in [-0.1, -0.05) is 0 Å². The predicted octanol–water partition coefficient (Wildman–Crippen LogP) is 2.19. The summed E-state index contributed by atoms with van der Waals surface area (Å²) in [6.07, 6.45) is 1.56. The third-order valence-electron chi connectivity index (χ3n) is 3.54. The zero-order valence-electron chi connectivity index (χ0n) is 15.3. The number of hydrogen-bond donors (Lipinski definition) is 1. The van der Waals surface area contributed by atoms with Crippen molar-refractivity contribution in [2.45, 2.75) is 33.0 Å². The van der Waals surface area contributed by atoms with Gasteiger partial charge in [0, 0.05) is 33.1 Å². The maximum absolute atomic E-state index is 5.31. The van der Waals surface area contributed by atoms with Gasteiger partial charge in [-0.2, -0.15) is 5.10 Å². The first-order chi connectivity index (χ1) is 11.5. The Labute approximate surface area is 169 Å². The van der Waals surface area contributed by atoms with Crippen molar-refractivity contribution in [1.29, 1.82) is 0 Å². The lowest BCUT2D eigenvalue weighted by Gasteiger charge is -2.21. The molecule has 140 valence electrons. The maximum Gasteiger partial charge on any atom is 0.194 e. The lowest BCUT2D eigenvalue weighted by Crippen LogP contribution is -2.38. The van der Waals surface area contributed by atoms with Crippen LogP contribution in [0.4, 0.5) is 0 Å². The van der Waals surface area contributed by atoms with Crippen molar-refractivity contribution in [1.82, 2.24) is 30.0 Å². The molecule has 10 heteroatoms. The second-order valence-corrected chi connectivity index (χ2v) is 6.27. The molecule has 0 aromatic carbocycles. The van der Waals surface area contributed by atoms with Crippen LogP contribution in [0.1, 0.15) is 36.5 Å². The summed E-state index contributed by atoms with van der Waals surface area (Å²) in [4.78, 5) is 15.5. The summed E-state index contributed by atoms with van der Waals surface area (Å²) in [6.45, 7) is 6.00. The Bertz CT molecular complexity index is 672. The number of methoxy groups -OCH3 is 1. The molecule has 0 aliphatic carbocycles. The molecule has 1 unspecified atom stereocenters. The SMILES string of the molecule is CCNC(=NCc1ncnn1C)N(C)Cc1csc(C(C)OC)n1.I. The van der Waals surface area contributed by atoms with Crippen molar-refractivity contribution in [3.63, 3.8) is 0 Å². The Morgan fingerprint density at radius 2 is 2.28 bits per heavy atom. The number of halogens is 1. The van der Waals surface area contributed by atoms with E-state index in [9.17, 15) is 0 Å². The molecule has 0 spiro atoms. The first-order valence-electron chi connectivity index (χ1n) is 7.84. The average Bonchev–Trinajstić information content (AvgIpc) is 3.19. The molecule has 0 bridgehead atoms. The van der Waals surface area contributed by atoms with Crippen LogP contribution >= 0.6 is 35.3 Å². The third-order valence-corrected chi connectivity index (χ3v) is 4.60. The number of aromatic nitrogens is 4. The minimum absolute atomic E-state index is 0. The number of rotatable bonds is 7. The number of aryl methyl sites for hydroxylation is 1. The van der Waals surface area contributed by atoms with Crippen LogP contribution in [0.2, 0.25) is 0 Å². The number of ether oxygens (including phenoxy) is 1. The van der Waals surface area contributed by atoms with Gasteiger partial charge in [-0.15, -0.1) is 35.3 Å². The molecule has 0 aliphatic rings. The summed E-state index contributed by atoms with van der Waals surface area (Å²) >= 11 is 1.62. The Morgan fingerprint density at radius 1 is 1.52 bits per heavy atom. The highest BCUT2D eigenvalue weighted by Gasteiger charge is 2.13. The van der Waals surface area contributed by atoms with E-state index >= 15 is 0 Å². The van der Waals surface area contributed by atoms with E-state index < -0.39 is 0 Å². The van der Waals surface area contributed by atoms with Crippen LogP contribution in [-0.2, 0) is 24.9 Å². The standard InChI is InChI=1S/C15H25N7OS.HI/c1-6-16-15(17-7-13-18-10-19-22(13)4)21(3)8-12-9-24-14(20-12)11(2)23-5;/h9-11H,6-8H2,1-5H3,(H,16,17);1H. The van der Waals surface area contributed by atoms with Crippen LogP contribution in [0.25, 0.3) is 0 Å². The van der Waals surface area contributed by atoms with Gasteiger partial charge < -0.3 is 15.0 Å². The Hall–Kier alpha value is -1.27. The molecular formula is C15H26IN7OS. The molecule has 8 nitrogen and oxygen atoms in total. The Balaban J connectivity index is 0.00000312. The molecule has 2 aromatic heterocycles. The monoisotopic (exact) mass is 479 g/mol. The molecule has 25 heavy (non-hydrogen) atoms. The Morgan fingerprint density at radius 3 is 2.88 bits per heavy atom. The highest BCUT2D eigenvalue weighted by atomic mass is 127. The van der Waals surface area contributed by atoms with Crippen molar-refractivity contribution in [3.8, 4) is 0 Å². The number of guanidine groups is 1. The largest absolute Gasteiger partial charge is 0.375 e. The minimum Gasteiger partial charge on any atom is -0.375 e. The van der Waals surface area contributed by atoms with Gasteiger partial charge in [0.1, 0.15) is 29.8 Å². The third kappa shape index (κ3) is 6.19. The summed E-state index contributed by atoms with van der Waals surface area (Å²) in [5, 5.41) is 10.4. The van der Waals surface area contributed by atoms with E-state index in [1.807, 2.05) is 27.9 Å². The molecule has 2 heterocycles.